The molecule has 0 aromatic heterocycles. The van der Waals surface area contributed by atoms with E-state index in [-0.39, 0.29) is 23.6 Å². The van der Waals surface area contributed by atoms with Crippen LogP contribution in [0.2, 0.25) is 0 Å². The molecule has 1 rings (SSSR count). The molecular formula is C14H20FNO3. The molecule has 0 aliphatic heterocycles. The Balaban J connectivity index is 2.86. The van der Waals surface area contributed by atoms with Crippen LogP contribution in [0.3, 0.4) is 0 Å². The number of ether oxygens (including phenoxy) is 2. The highest BCUT2D eigenvalue weighted by Gasteiger charge is 2.16. The topological polar surface area (TPSA) is 61.5 Å². The van der Waals surface area contributed by atoms with E-state index in [0.29, 0.717) is 12.5 Å². The minimum atomic E-state index is -0.575. The van der Waals surface area contributed by atoms with Crippen LogP contribution in [0.5, 0.6) is 5.75 Å². The quantitative estimate of drug-likeness (QED) is 0.637. The fourth-order valence-corrected chi connectivity index (χ4v) is 1.47. The van der Waals surface area contributed by atoms with Crippen LogP contribution in [0.1, 0.15) is 37.6 Å². The van der Waals surface area contributed by atoms with E-state index < -0.39 is 11.8 Å². The van der Waals surface area contributed by atoms with Gasteiger partial charge >= 0.3 is 5.97 Å². The van der Waals surface area contributed by atoms with Gasteiger partial charge in [0.15, 0.2) is 11.6 Å². The van der Waals surface area contributed by atoms with Gasteiger partial charge in [0, 0.05) is 11.8 Å². The van der Waals surface area contributed by atoms with Gasteiger partial charge in [0.2, 0.25) is 0 Å². The number of halogens is 1. The summed E-state index contributed by atoms with van der Waals surface area (Å²) in [6, 6.07) is 2.37. The predicted octanol–water partition coefficient (Wildman–Crippen LogP) is 3.01. The lowest BCUT2D eigenvalue weighted by Gasteiger charge is -2.12. The lowest BCUT2D eigenvalue weighted by Crippen LogP contribution is -2.10. The van der Waals surface area contributed by atoms with Gasteiger partial charge in [-0.25, -0.2) is 9.18 Å². The van der Waals surface area contributed by atoms with E-state index in [0.717, 1.165) is 12.5 Å². The molecule has 0 spiro atoms. The smallest absolute Gasteiger partial charge is 0.340 e. The van der Waals surface area contributed by atoms with Gasteiger partial charge in [-0.2, -0.15) is 0 Å². The lowest BCUT2D eigenvalue weighted by atomic mass is 10.1. The molecular weight excluding hydrogens is 249 g/mol. The van der Waals surface area contributed by atoms with Crippen molar-refractivity contribution in [1.29, 1.82) is 0 Å². The van der Waals surface area contributed by atoms with Crippen LogP contribution in [0.15, 0.2) is 12.1 Å². The monoisotopic (exact) mass is 269 g/mol. The summed E-state index contributed by atoms with van der Waals surface area (Å²) < 4.78 is 23.8. The zero-order valence-electron chi connectivity index (χ0n) is 11.5. The molecule has 0 bridgehead atoms. The van der Waals surface area contributed by atoms with Crippen LogP contribution in [-0.2, 0) is 4.74 Å². The second-order valence-corrected chi connectivity index (χ2v) is 4.62. The normalized spacial score (nSPS) is 10.6. The van der Waals surface area contributed by atoms with Gasteiger partial charge in [-0.15, -0.1) is 0 Å². The summed E-state index contributed by atoms with van der Waals surface area (Å²) in [6.45, 7) is 6.41. The van der Waals surface area contributed by atoms with E-state index >= 15 is 0 Å². The number of esters is 1. The fraction of sp³-hybridized carbons (Fsp3) is 0.500. The van der Waals surface area contributed by atoms with Gasteiger partial charge in [-0.3, -0.25) is 0 Å². The molecule has 0 saturated heterocycles. The van der Waals surface area contributed by atoms with E-state index in [1.165, 1.54) is 6.07 Å². The Morgan fingerprint density at radius 2 is 2.11 bits per heavy atom. The summed E-state index contributed by atoms with van der Waals surface area (Å²) in [5.41, 5.74) is 5.78. The molecule has 1 aromatic carbocycles. The Labute approximate surface area is 112 Å². The van der Waals surface area contributed by atoms with Crippen molar-refractivity contribution in [2.24, 2.45) is 5.92 Å². The van der Waals surface area contributed by atoms with Crippen molar-refractivity contribution < 1.29 is 18.7 Å². The summed E-state index contributed by atoms with van der Waals surface area (Å²) in [6.07, 6.45) is 0.804. The molecule has 1 aromatic rings. The van der Waals surface area contributed by atoms with Crippen molar-refractivity contribution in [3.8, 4) is 5.75 Å². The standard InChI is InChI=1S/C14H20FNO3/c1-4-18-14(17)10-7-13(11(15)8-12(10)16)19-6-5-9(2)3/h7-9H,4-6,16H2,1-3H3. The zero-order chi connectivity index (χ0) is 14.4. The first-order valence-electron chi connectivity index (χ1n) is 6.34. The summed E-state index contributed by atoms with van der Waals surface area (Å²) in [4.78, 5) is 11.6. The number of benzene rings is 1. The molecule has 0 aliphatic carbocycles. The summed E-state index contributed by atoms with van der Waals surface area (Å²) in [5.74, 6) is -0.665. The third-order valence-electron chi connectivity index (χ3n) is 2.55. The van der Waals surface area contributed by atoms with E-state index in [1.54, 1.807) is 6.92 Å². The lowest BCUT2D eigenvalue weighted by molar-refractivity contribution is 0.0527. The van der Waals surface area contributed by atoms with Crippen LogP contribution in [0, 0.1) is 11.7 Å². The molecule has 0 aliphatic rings. The maximum absolute atomic E-state index is 13.6. The Bertz CT molecular complexity index is 447. The number of rotatable bonds is 6. The molecule has 0 saturated carbocycles. The molecule has 19 heavy (non-hydrogen) atoms. The number of hydrogen-bond donors (Lipinski definition) is 1. The van der Waals surface area contributed by atoms with Gasteiger partial charge in [-0.05, 0) is 25.3 Å². The first kappa shape index (κ1) is 15.3. The summed E-state index contributed by atoms with van der Waals surface area (Å²) in [7, 11) is 0. The van der Waals surface area contributed by atoms with Crippen molar-refractivity contribution in [3.05, 3.63) is 23.5 Å². The molecule has 5 heteroatoms. The predicted molar refractivity (Wildman–Crippen MR) is 71.7 cm³/mol. The molecule has 2 N–H and O–H groups in total. The largest absolute Gasteiger partial charge is 0.490 e. The van der Waals surface area contributed by atoms with Gasteiger partial charge in [0.25, 0.3) is 0 Å². The van der Waals surface area contributed by atoms with E-state index in [9.17, 15) is 9.18 Å². The van der Waals surface area contributed by atoms with Crippen molar-refractivity contribution in [2.75, 3.05) is 18.9 Å². The molecule has 0 unspecified atom stereocenters. The SMILES string of the molecule is CCOC(=O)c1cc(OCCC(C)C)c(F)cc1N. The Morgan fingerprint density at radius 1 is 1.42 bits per heavy atom. The highest BCUT2D eigenvalue weighted by atomic mass is 19.1. The average molecular weight is 269 g/mol. The molecule has 0 amide bonds. The van der Waals surface area contributed by atoms with Crippen LogP contribution in [0.25, 0.3) is 0 Å². The third kappa shape index (κ3) is 4.43. The second-order valence-electron chi connectivity index (χ2n) is 4.62. The van der Waals surface area contributed by atoms with Crippen molar-refractivity contribution in [1.82, 2.24) is 0 Å². The first-order valence-corrected chi connectivity index (χ1v) is 6.34. The highest BCUT2D eigenvalue weighted by Crippen LogP contribution is 2.25. The van der Waals surface area contributed by atoms with E-state index in [1.807, 2.05) is 13.8 Å². The van der Waals surface area contributed by atoms with Gasteiger partial charge in [0.1, 0.15) is 0 Å². The van der Waals surface area contributed by atoms with Crippen molar-refractivity contribution >= 4 is 11.7 Å². The molecule has 0 radical (unpaired) electrons. The van der Waals surface area contributed by atoms with Crippen molar-refractivity contribution in [3.63, 3.8) is 0 Å². The minimum absolute atomic E-state index is 0.0258. The first-order chi connectivity index (χ1) is 8.95. The number of nitrogens with two attached hydrogens (primary N) is 1. The summed E-state index contributed by atoms with van der Waals surface area (Å²) in [5, 5.41) is 0. The molecule has 0 fully saturated rings. The molecule has 4 nitrogen and oxygen atoms in total. The van der Waals surface area contributed by atoms with Crippen molar-refractivity contribution in [2.45, 2.75) is 27.2 Å². The van der Waals surface area contributed by atoms with Crippen LogP contribution < -0.4 is 10.5 Å². The van der Waals surface area contributed by atoms with Gasteiger partial charge in [-0.1, -0.05) is 13.8 Å². The number of anilines is 1. The van der Waals surface area contributed by atoms with E-state index in [4.69, 9.17) is 15.2 Å². The molecule has 0 heterocycles. The van der Waals surface area contributed by atoms with Gasteiger partial charge in [0.05, 0.1) is 18.8 Å². The minimum Gasteiger partial charge on any atom is -0.490 e. The summed E-state index contributed by atoms with van der Waals surface area (Å²) >= 11 is 0. The average Bonchev–Trinajstić information content (AvgIpc) is 2.31. The fourth-order valence-electron chi connectivity index (χ4n) is 1.47. The number of nitrogen functional groups attached to an aromatic ring is 1. The maximum Gasteiger partial charge on any atom is 0.340 e. The second kappa shape index (κ2) is 6.97. The number of carbonyl (C=O) groups excluding carboxylic acids is 1. The van der Waals surface area contributed by atoms with Crippen LogP contribution in [0.4, 0.5) is 10.1 Å². The zero-order valence-corrected chi connectivity index (χ0v) is 11.5. The maximum atomic E-state index is 13.6. The number of hydrogen-bond acceptors (Lipinski definition) is 4. The van der Waals surface area contributed by atoms with Crippen LogP contribution in [-0.4, -0.2) is 19.2 Å². The third-order valence-corrected chi connectivity index (χ3v) is 2.55. The Hall–Kier alpha value is -1.78. The Kier molecular flexibility index (Phi) is 5.60. The van der Waals surface area contributed by atoms with Gasteiger partial charge < -0.3 is 15.2 Å². The Morgan fingerprint density at radius 3 is 2.68 bits per heavy atom. The number of carbonyl (C=O) groups is 1. The molecule has 106 valence electrons. The highest BCUT2D eigenvalue weighted by molar-refractivity contribution is 5.95. The van der Waals surface area contributed by atoms with Crippen LogP contribution >= 0.6 is 0 Å². The van der Waals surface area contributed by atoms with E-state index in [2.05, 4.69) is 0 Å². The molecule has 0 atom stereocenters.